The van der Waals surface area contributed by atoms with Gasteiger partial charge in [0.05, 0.1) is 4.88 Å². The zero-order valence-electron chi connectivity index (χ0n) is 21.5. The molecule has 0 saturated heterocycles. The van der Waals surface area contributed by atoms with Crippen LogP contribution >= 0.6 is 11.3 Å². The second-order valence-corrected chi connectivity index (χ2v) is 11.2. The summed E-state index contributed by atoms with van der Waals surface area (Å²) in [5.74, 6) is -0.844. The highest BCUT2D eigenvalue weighted by atomic mass is 32.1. The molecule has 6 nitrogen and oxygen atoms in total. The Morgan fingerprint density at radius 1 is 0.892 bits per heavy atom. The van der Waals surface area contributed by atoms with Crippen molar-refractivity contribution in [2.45, 2.75) is 52.0 Å². The van der Waals surface area contributed by atoms with E-state index in [0.29, 0.717) is 10.7 Å². The third kappa shape index (κ3) is 6.49. The number of rotatable bonds is 8. The lowest BCUT2D eigenvalue weighted by Crippen LogP contribution is -2.42. The smallest absolute Gasteiger partial charge is 0.326 e. The molecule has 7 heteroatoms. The molecule has 0 bridgehead atoms. The highest BCUT2D eigenvalue weighted by molar-refractivity contribution is 7.14. The third-order valence-corrected chi connectivity index (χ3v) is 7.45. The van der Waals surface area contributed by atoms with Gasteiger partial charge in [-0.15, -0.1) is 11.3 Å². The average Bonchev–Trinajstić information content (AvgIpc) is 3.38. The van der Waals surface area contributed by atoms with E-state index in [-0.39, 0.29) is 17.7 Å². The lowest BCUT2D eigenvalue weighted by atomic mass is 9.86. The van der Waals surface area contributed by atoms with Crippen LogP contribution in [-0.2, 0) is 23.1 Å². The molecule has 0 aliphatic carbocycles. The number of benzene rings is 2. The Kier molecular flexibility index (Phi) is 7.83. The largest absolute Gasteiger partial charge is 0.480 e. The maximum atomic E-state index is 12.5. The third-order valence-electron chi connectivity index (χ3n) is 6.23. The fraction of sp³-hybridized carbons (Fsp3) is 0.267. The van der Waals surface area contributed by atoms with Gasteiger partial charge in [-0.2, -0.15) is 0 Å². The number of hydrogen-bond donors (Lipinski definition) is 2. The number of carboxylic acids is 1. The monoisotopic (exact) mass is 513 g/mol. The van der Waals surface area contributed by atoms with Crippen molar-refractivity contribution in [3.05, 3.63) is 93.9 Å². The summed E-state index contributed by atoms with van der Waals surface area (Å²) in [5, 5.41) is 12.3. The summed E-state index contributed by atoms with van der Waals surface area (Å²) < 4.78 is 0. The van der Waals surface area contributed by atoms with Crippen LogP contribution in [0, 0.1) is 0 Å². The van der Waals surface area contributed by atoms with E-state index in [1.165, 1.54) is 16.9 Å². The summed E-state index contributed by atoms with van der Waals surface area (Å²) in [5.41, 5.74) is 5.01. The number of carbonyl (C=O) groups is 2. The van der Waals surface area contributed by atoms with Crippen LogP contribution in [0.1, 0.15) is 53.4 Å². The van der Waals surface area contributed by atoms with Crippen molar-refractivity contribution in [3.8, 4) is 22.5 Å². The zero-order valence-corrected chi connectivity index (χ0v) is 22.3. The highest BCUT2D eigenvalue weighted by Crippen LogP contribution is 2.26. The Balaban J connectivity index is 1.42. The molecule has 0 unspecified atom stereocenters. The Morgan fingerprint density at radius 2 is 1.51 bits per heavy atom. The molecule has 4 rings (SSSR count). The number of carboxylic acid groups (broad SMARTS) is 1. The molecule has 0 aliphatic rings. The van der Waals surface area contributed by atoms with Gasteiger partial charge in [0, 0.05) is 34.8 Å². The van der Waals surface area contributed by atoms with Crippen molar-refractivity contribution in [2.24, 2.45) is 0 Å². The van der Waals surface area contributed by atoms with Gasteiger partial charge in [0.15, 0.2) is 5.82 Å². The standard InChI is InChI=1S/C30H31N3O3S/c1-5-24-14-15-26(37-24)28(34)33-25(29(35)36)16-19-6-8-21(9-7-19)27-31-17-22(18-32-27)20-10-12-23(13-11-20)30(2,3)4/h6-15,17-18,25H,5,16H2,1-4H3,(H,33,34)(H,35,36)/t25-/m0/s1. The van der Waals surface area contributed by atoms with E-state index in [2.05, 4.69) is 60.3 Å². The first-order valence-corrected chi connectivity index (χ1v) is 13.1. The fourth-order valence-electron chi connectivity index (χ4n) is 3.93. The molecule has 37 heavy (non-hydrogen) atoms. The molecule has 2 aromatic heterocycles. The molecule has 190 valence electrons. The van der Waals surface area contributed by atoms with Gasteiger partial charge in [0.1, 0.15) is 6.04 Å². The molecule has 1 atom stereocenters. The summed E-state index contributed by atoms with van der Waals surface area (Å²) in [7, 11) is 0. The van der Waals surface area contributed by atoms with Crippen LogP contribution in [0.15, 0.2) is 73.1 Å². The molecule has 4 aromatic rings. The van der Waals surface area contributed by atoms with E-state index >= 15 is 0 Å². The van der Waals surface area contributed by atoms with Gasteiger partial charge in [0.2, 0.25) is 0 Å². The normalized spacial score (nSPS) is 12.2. The maximum absolute atomic E-state index is 12.5. The van der Waals surface area contributed by atoms with E-state index in [1.807, 2.05) is 49.6 Å². The molecule has 0 aliphatic heterocycles. The van der Waals surface area contributed by atoms with Gasteiger partial charge in [-0.25, -0.2) is 14.8 Å². The van der Waals surface area contributed by atoms with Crippen molar-refractivity contribution < 1.29 is 14.7 Å². The number of carbonyl (C=O) groups excluding carboxylic acids is 1. The minimum Gasteiger partial charge on any atom is -0.480 e. The van der Waals surface area contributed by atoms with Crippen LogP contribution in [-0.4, -0.2) is 33.0 Å². The van der Waals surface area contributed by atoms with Crippen molar-refractivity contribution >= 4 is 23.2 Å². The number of hydrogen-bond acceptors (Lipinski definition) is 5. The predicted molar refractivity (Wildman–Crippen MR) is 148 cm³/mol. The lowest BCUT2D eigenvalue weighted by Gasteiger charge is -2.19. The second kappa shape index (κ2) is 11.0. The zero-order chi connectivity index (χ0) is 26.6. The van der Waals surface area contributed by atoms with Crippen molar-refractivity contribution in [1.29, 1.82) is 0 Å². The summed E-state index contributed by atoms with van der Waals surface area (Å²) in [6.07, 6.45) is 4.64. The van der Waals surface area contributed by atoms with E-state index in [4.69, 9.17) is 0 Å². The van der Waals surface area contributed by atoms with Gasteiger partial charge in [0.25, 0.3) is 5.91 Å². The number of aromatic nitrogens is 2. The van der Waals surface area contributed by atoms with E-state index in [1.54, 1.807) is 6.07 Å². The van der Waals surface area contributed by atoms with E-state index < -0.39 is 12.0 Å². The van der Waals surface area contributed by atoms with Gasteiger partial charge in [-0.1, -0.05) is 76.2 Å². The fourth-order valence-corrected chi connectivity index (χ4v) is 4.78. The van der Waals surface area contributed by atoms with Gasteiger partial charge < -0.3 is 10.4 Å². The van der Waals surface area contributed by atoms with E-state index in [0.717, 1.165) is 33.6 Å². The summed E-state index contributed by atoms with van der Waals surface area (Å²) in [6, 6.07) is 18.5. The van der Waals surface area contributed by atoms with Gasteiger partial charge in [-0.3, -0.25) is 4.79 Å². The Morgan fingerprint density at radius 3 is 2.05 bits per heavy atom. The predicted octanol–water partition coefficient (Wildman–Crippen LogP) is 6.16. The number of nitrogens with zero attached hydrogens (tertiary/aromatic N) is 2. The summed E-state index contributed by atoms with van der Waals surface area (Å²) >= 11 is 1.38. The molecule has 2 heterocycles. The van der Waals surface area contributed by atoms with Crippen molar-refractivity contribution in [2.75, 3.05) is 0 Å². The summed E-state index contributed by atoms with van der Waals surface area (Å²) in [6.45, 7) is 8.59. The first kappa shape index (κ1) is 26.2. The van der Waals surface area contributed by atoms with Gasteiger partial charge in [-0.05, 0) is 40.7 Å². The number of thiophene rings is 1. The summed E-state index contributed by atoms with van der Waals surface area (Å²) in [4.78, 5) is 35.0. The maximum Gasteiger partial charge on any atom is 0.326 e. The second-order valence-electron chi connectivity index (χ2n) is 10.0. The molecular formula is C30H31N3O3S. The quantitative estimate of drug-likeness (QED) is 0.294. The average molecular weight is 514 g/mol. The van der Waals surface area contributed by atoms with Crippen LogP contribution in [0.2, 0.25) is 0 Å². The molecule has 0 fully saturated rings. The van der Waals surface area contributed by atoms with Crippen LogP contribution in [0.4, 0.5) is 0 Å². The van der Waals surface area contributed by atoms with Crippen LogP contribution < -0.4 is 5.32 Å². The number of aliphatic carboxylic acids is 1. The molecular weight excluding hydrogens is 482 g/mol. The van der Waals surface area contributed by atoms with E-state index in [9.17, 15) is 14.7 Å². The lowest BCUT2D eigenvalue weighted by molar-refractivity contribution is -0.139. The van der Waals surface area contributed by atoms with Crippen LogP contribution in [0.25, 0.3) is 22.5 Å². The number of aryl methyl sites for hydroxylation is 1. The number of amides is 1. The molecule has 2 N–H and O–H groups in total. The van der Waals surface area contributed by atoms with Crippen LogP contribution in [0.3, 0.4) is 0 Å². The van der Waals surface area contributed by atoms with Gasteiger partial charge >= 0.3 is 5.97 Å². The molecule has 2 aromatic carbocycles. The van der Waals surface area contributed by atoms with Crippen molar-refractivity contribution in [1.82, 2.24) is 15.3 Å². The highest BCUT2D eigenvalue weighted by Gasteiger charge is 2.22. The molecule has 0 radical (unpaired) electrons. The number of nitrogens with one attached hydrogen (secondary N) is 1. The first-order valence-electron chi connectivity index (χ1n) is 12.3. The minimum absolute atomic E-state index is 0.101. The van der Waals surface area contributed by atoms with Crippen LogP contribution in [0.5, 0.6) is 0 Å². The molecule has 1 amide bonds. The van der Waals surface area contributed by atoms with Crippen molar-refractivity contribution in [3.63, 3.8) is 0 Å². The first-order chi connectivity index (χ1) is 17.6. The molecule has 0 saturated carbocycles. The molecule has 0 spiro atoms. The Labute approximate surface area is 221 Å². The SMILES string of the molecule is CCc1ccc(C(=O)N[C@@H](Cc2ccc(-c3ncc(-c4ccc(C(C)(C)C)cc4)cn3)cc2)C(=O)O)s1. The Bertz CT molecular complexity index is 1370. The minimum atomic E-state index is -1.07. The Hall–Kier alpha value is -3.84. The topological polar surface area (TPSA) is 92.2 Å².